The molecule has 224 valence electrons. The second-order valence-corrected chi connectivity index (χ2v) is 12.4. The van der Waals surface area contributed by atoms with Crippen molar-refractivity contribution in [2.75, 3.05) is 4.90 Å². The molecule has 0 fully saturated rings. The highest BCUT2D eigenvalue weighted by Gasteiger charge is 2.39. The molecule has 2 aliphatic rings. The number of benzene rings is 6. The van der Waals surface area contributed by atoms with Gasteiger partial charge in [-0.15, -0.1) is 0 Å². The fourth-order valence-corrected chi connectivity index (χ4v) is 7.71. The molecule has 4 nitrogen and oxygen atoms in total. The van der Waals surface area contributed by atoms with Crippen LogP contribution in [0.25, 0.3) is 49.7 Å². The van der Waals surface area contributed by atoms with Crippen molar-refractivity contribution in [1.82, 2.24) is 4.57 Å². The Morgan fingerprint density at radius 3 is 2.06 bits per heavy atom. The Labute approximate surface area is 279 Å². The van der Waals surface area contributed by atoms with Gasteiger partial charge in [-0.05, 0) is 76.9 Å². The van der Waals surface area contributed by atoms with Crippen molar-refractivity contribution in [3.05, 3.63) is 174 Å². The quantitative estimate of drug-likeness (QED) is 0.199. The summed E-state index contributed by atoms with van der Waals surface area (Å²) in [7, 11) is 0. The van der Waals surface area contributed by atoms with Crippen LogP contribution in [0.15, 0.2) is 158 Å². The maximum absolute atomic E-state index is 10.4. The van der Waals surface area contributed by atoms with E-state index in [2.05, 4.69) is 155 Å². The predicted octanol–water partition coefficient (Wildman–Crippen LogP) is 10.6. The third-order valence-corrected chi connectivity index (χ3v) is 9.75. The van der Waals surface area contributed by atoms with Gasteiger partial charge in [0.2, 0.25) is 0 Å². The number of aromatic nitrogens is 1. The zero-order valence-corrected chi connectivity index (χ0v) is 26.0. The topological polar surface area (TPSA) is 55.8 Å². The molecule has 1 aliphatic carbocycles. The average Bonchev–Trinajstić information content (AvgIpc) is 3.67. The van der Waals surface area contributed by atoms with Crippen molar-refractivity contribution in [2.24, 2.45) is 0 Å². The largest absolute Gasteiger partial charge is 0.332 e. The number of para-hydroxylation sites is 4. The molecule has 1 aromatic heterocycles. The second-order valence-electron chi connectivity index (χ2n) is 12.4. The number of allylic oxidation sites excluding steroid dienone is 2. The molecule has 6 aromatic carbocycles. The average molecular weight is 613 g/mol. The minimum Gasteiger partial charge on any atom is -0.332 e. The molecule has 4 heteroatoms. The molecular weight excluding hydrogens is 585 g/mol. The van der Waals surface area contributed by atoms with Gasteiger partial charge in [-0.2, -0.15) is 10.5 Å². The second kappa shape index (κ2) is 11.0. The molecule has 1 aliphatic heterocycles. The van der Waals surface area contributed by atoms with Crippen molar-refractivity contribution in [3.63, 3.8) is 0 Å². The summed E-state index contributed by atoms with van der Waals surface area (Å²) in [5, 5.41) is 23.1. The maximum Gasteiger partial charge on any atom is 0.101 e. The lowest BCUT2D eigenvalue weighted by Crippen LogP contribution is -2.29. The summed E-state index contributed by atoms with van der Waals surface area (Å²) >= 11 is 0. The van der Waals surface area contributed by atoms with Crippen LogP contribution in [0, 0.1) is 22.7 Å². The van der Waals surface area contributed by atoms with Gasteiger partial charge in [0.15, 0.2) is 0 Å². The molecule has 0 bridgehead atoms. The van der Waals surface area contributed by atoms with Crippen LogP contribution in [0.1, 0.15) is 22.6 Å². The molecule has 2 heterocycles. The van der Waals surface area contributed by atoms with Crippen LogP contribution in [0.3, 0.4) is 0 Å². The van der Waals surface area contributed by atoms with E-state index in [0.717, 1.165) is 50.3 Å². The third-order valence-electron chi connectivity index (χ3n) is 9.75. The minimum atomic E-state index is 0.0437. The van der Waals surface area contributed by atoms with Crippen LogP contribution >= 0.6 is 0 Å². The molecule has 48 heavy (non-hydrogen) atoms. The van der Waals surface area contributed by atoms with E-state index >= 15 is 0 Å². The van der Waals surface area contributed by atoms with Crippen LogP contribution in [-0.4, -0.2) is 10.6 Å². The van der Waals surface area contributed by atoms with Gasteiger partial charge in [-0.25, -0.2) is 0 Å². The molecule has 0 spiro atoms. The van der Waals surface area contributed by atoms with Gasteiger partial charge in [0.05, 0.1) is 40.0 Å². The molecule has 9 rings (SSSR count). The maximum atomic E-state index is 10.4. The fourth-order valence-electron chi connectivity index (χ4n) is 7.71. The SMILES string of the molecule is N#Cc1cc(-c2cccc(-n3c4ccccc4c4ccccc43)c2)cc(-c2cccc(C#N)c2N2c3ccccc3C3C=CC=CC32)c1. The van der Waals surface area contributed by atoms with Gasteiger partial charge in [0.1, 0.15) is 6.07 Å². The van der Waals surface area contributed by atoms with Crippen molar-refractivity contribution in [3.8, 4) is 40.1 Å². The summed E-state index contributed by atoms with van der Waals surface area (Å²) in [5.74, 6) is 0.190. The van der Waals surface area contributed by atoms with Crippen LogP contribution < -0.4 is 4.90 Å². The van der Waals surface area contributed by atoms with E-state index in [0.29, 0.717) is 11.1 Å². The van der Waals surface area contributed by atoms with E-state index < -0.39 is 0 Å². The van der Waals surface area contributed by atoms with Gasteiger partial charge >= 0.3 is 0 Å². The summed E-state index contributed by atoms with van der Waals surface area (Å²) in [4.78, 5) is 2.31. The molecule has 0 amide bonds. The minimum absolute atomic E-state index is 0.0437. The van der Waals surface area contributed by atoms with Crippen molar-refractivity contribution >= 4 is 33.2 Å². The highest BCUT2D eigenvalue weighted by molar-refractivity contribution is 6.09. The van der Waals surface area contributed by atoms with E-state index in [1.807, 2.05) is 24.3 Å². The first-order valence-electron chi connectivity index (χ1n) is 16.1. The highest BCUT2D eigenvalue weighted by Crippen LogP contribution is 2.51. The van der Waals surface area contributed by atoms with Crippen molar-refractivity contribution in [1.29, 1.82) is 10.5 Å². The number of nitrogens with zero attached hydrogens (tertiary/aromatic N) is 4. The zero-order valence-electron chi connectivity index (χ0n) is 26.0. The van der Waals surface area contributed by atoms with Gasteiger partial charge in [-0.1, -0.05) is 103 Å². The molecule has 2 atom stereocenters. The first kappa shape index (κ1) is 27.7. The van der Waals surface area contributed by atoms with Crippen LogP contribution in [-0.2, 0) is 0 Å². The Hall–Kier alpha value is -6.62. The lowest BCUT2D eigenvalue weighted by atomic mass is 9.90. The monoisotopic (exact) mass is 612 g/mol. The molecule has 7 aromatic rings. The molecule has 2 unspecified atom stereocenters. The zero-order chi connectivity index (χ0) is 32.2. The molecule has 0 N–H and O–H groups in total. The van der Waals surface area contributed by atoms with Crippen LogP contribution in [0.4, 0.5) is 11.4 Å². The highest BCUT2D eigenvalue weighted by atomic mass is 15.2. The van der Waals surface area contributed by atoms with Gasteiger partial charge in [0, 0.05) is 33.6 Å². The van der Waals surface area contributed by atoms with E-state index in [1.165, 1.54) is 16.3 Å². The fraction of sp³-hybridized carbons (Fsp3) is 0.0455. The summed E-state index contributed by atoms with van der Waals surface area (Å²) in [6.07, 6.45) is 8.67. The lowest BCUT2D eigenvalue weighted by molar-refractivity contribution is 0.744. The number of fused-ring (bicyclic) bond motifs is 6. The first-order chi connectivity index (χ1) is 23.7. The Morgan fingerprint density at radius 1 is 0.562 bits per heavy atom. The summed E-state index contributed by atoms with van der Waals surface area (Å²) in [6.45, 7) is 0. The van der Waals surface area contributed by atoms with Gasteiger partial charge in [0.25, 0.3) is 0 Å². The number of anilines is 2. The van der Waals surface area contributed by atoms with Crippen molar-refractivity contribution in [2.45, 2.75) is 12.0 Å². The molecule has 0 radical (unpaired) electrons. The predicted molar refractivity (Wildman–Crippen MR) is 194 cm³/mol. The number of hydrogen-bond donors (Lipinski definition) is 0. The number of nitriles is 2. The molecule has 0 saturated carbocycles. The lowest BCUT2D eigenvalue weighted by Gasteiger charge is -2.31. The number of rotatable bonds is 4. The first-order valence-corrected chi connectivity index (χ1v) is 16.1. The Bertz CT molecular complexity index is 2520. The summed E-state index contributed by atoms with van der Waals surface area (Å²) in [6, 6.07) is 50.9. The van der Waals surface area contributed by atoms with Crippen LogP contribution in [0.2, 0.25) is 0 Å². The third kappa shape index (κ3) is 4.21. The molecule has 0 saturated heterocycles. The Balaban J connectivity index is 1.22. The number of hydrogen-bond acceptors (Lipinski definition) is 3. The standard InChI is InChI=1S/C44H28N4/c45-27-29-23-32(30-11-9-13-34(26-30)47-40-19-5-1-14-36(40)37-15-2-6-20-41(37)47)25-33(24-29)35-18-10-12-31(28-46)44(35)48-42-21-7-3-16-38(42)39-17-4-8-22-43(39)48/h1-26,38,42H. The Kier molecular flexibility index (Phi) is 6.35. The summed E-state index contributed by atoms with van der Waals surface area (Å²) < 4.78 is 2.31. The van der Waals surface area contributed by atoms with Crippen molar-refractivity contribution < 1.29 is 0 Å². The van der Waals surface area contributed by atoms with E-state index in [1.54, 1.807) is 0 Å². The van der Waals surface area contributed by atoms with E-state index in [4.69, 9.17) is 0 Å². The Morgan fingerprint density at radius 2 is 1.27 bits per heavy atom. The van der Waals surface area contributed by atoms with Crippen LogP contribution in [0.5, 0.6) is 0 Å². The molecular formula is C44H28N4. The van der Waals surface area contributed by atoms with E-state index in [9.17, 15) is 10.5 Å². The summed E-state index contributed by atoms with van der Waals surface area (Å²) in [5.41, 5.74) is 11.5. The smallest absolute Gasteiger partial charge is 0.101 e. The van der Waals surface area contributed by atoms with E-state index in [-0.39, 0.29) is 12.0 Å². The van der Waals surface area contributed by atoms with Gasteiger partial charge < -0.3 is 9.47 Å². The normalized spacial score (nSPS) is 16.1. The van der Waals surface area contributed by atoms with Gasteiger partial charge in [-0.3, -0.25) is 0 Å².